The van der Waals surface area contributed by atoms with E-state index >= 15 is 0 Å². The molecule has 3 heteroatoms. The van der Waals surface area contributed by atoms with Crippen LogP contribution in [0.25, 0.3) is 0 Å². The van der Waals surface area contributed by atoms with Gasteiger partial charge in [0.05, 0.1) is 6.54 Å². The monoisotopic (exact) mass is 187 g/mol. The van der Waals surface area contributed by atoms with Gasteiger partial charge in [0.15, 0.2) is 0 Å². The van der Waals surface area contributed by atoms with E-state index in [9.17, 15) is 0 Å². The van der Waals surface area contributed by atoms with E-state index < -0.39 is 0 Å². The van der Waals surface area contributed by atoms with Crippen molar-refractivity contribution in [1.82, 2.24) is 5.32 Å². The highest BCUT2D eigenvalue weighted by Crippen LogP contribution is 2.00. The van der Waals surface area contributed by atoms with E-state index in [1.54, 1.807) is 7.11 Å². The first-order valence-electron chi connectivity index (χ1n) is 4.12. The first-order chi connectivity index (χ1) is 5.91. The molecule has 0 aromatic rings. The fourth-order valence-corrected chi connectivity index (χ4v) is 1.53. The molecule has 2 nitrogen and oxygen atoms in total. The third kappa shape index (κ3) is 9.83. The van der Waals surface area contributed by atoms with Crippen molar-refractivity contribution in [3.63, 3.8) is 0 Å². The van der Waals surface area contributed by atoms with Gasteiger partial charge in [-0.3, -0.25) is 0 Å². The average molecular weight is 187 g/mol. The second-order valence-corrected chi connectivity index (χ2v) is 3.56. The molecule has 0 atom stereocenters. The van der Waals surface area contributed by atoms with Crippen LogP contribution in [0.4, 0.5) is 0 Å². The molecule has 70 valence electrons. The molecule has 0 spiro atoms. The molecule has 0 fully saturated rings. The van der Waals surface area contributed by atoms with Gasteiger partial charge in [-0.05, 0) is 12.2 Å². The number of hydrogen-bond acceptors (Lipinski definition) is 3. The highest BCUT2D eigenvalue weighted by Gasteiger charge is 1.88. The van der Waals surface area contributed by atoms with Crippen LogP contribution >= 0.6 is 11.8 Å². The van der Waals surface area contributed by atoms with E-state index in [-0.39, 0.29) is 0 Å². The van der Waals surface area contributed by atoms with Gasteiger partial charge < -0.3 is 10.1 Å². The topological polar surface area (TPSA) is 21.3 Å². The number of rotatable bonds is 8. The lowest BCUT2D eigenvalue weighted by Gasteiger charge is -2.01. The molecule has 0 bridgehead atoms. The number of hydrogen-bond donors (Lipinski definition) is 1. The van der Waals surface area contributed by atoms with Crippen molar-refractivity contribution < 1.29 is 4.74 Å². The van der Waals surface area contributed by atoms with E-state index in [4.69, 9.17) is 11.2 Å². The molecule has 0 aromatic carbocycles. The maximum Gasteiger partial charge on any atom is 0.0574 e. The highest BCUT2D eigenvalue weighted by atomic mass is 32.2. The van der Waals surface area contributed by atoms with Crippen LogP contribution in [0.3, 0.4) is 0 Å². The molecule has 0 heterocycles. The number of terminal acetylenes is 1. The summed E-state index contributed by atoms with van der Waals surface area (Å²) in [4.78, 5) is 0. The highest BCUT2D eigenvalue weighted by molar-refractivity contribution is 7.99. The fraction of sp³-hybridized carbons (Fsp3) is 0.778. The number of ether oxygens (including phenoxy) is 1. The van der Waals surface area contributed by atoms with Gasteiger partial charge in [0.1, 0.15) is 0 Å². The van der Waals surface area contributed by atoms with Crippen molar-refractivity contribution in [3.05, 3.63) is 0 Å². The summed E-state index contributed by atoms with van der Waals surface area (Å²) < 4.78 is 4.93. The van der Waals surface area contributed by atoms with Gasteiger partial charge in [-0.2, -0.15) is 11.8 Å². The SMILES string of the molecule is C#CCNCCSCCCOC. The Hall–Kier alpha value is -0.170. The number of nitrogens with one attached hydrogen (secondary N) is 1. The van der Waals surface area contributed by atoms with E-state index in [0.717, 1.165) is 25.3 Å². The third-order valence-corrected chi connectivity index (χ3v) is 2.36. The van der Waals surface area contributed by atoms with E-state index in [1.165, 1.54) is 5.75 Å². The lowest BCUT2D eigenvalue weighted by atomic mass is 10.5. The van der Waals surface area contributed by atoms with Gasteiger partial charge in [0.25, 0.3) is 0 Å². The van der Waals surface area contributed by atoms with Crippen molar-refractivity contribution in [3.8, 4) is 12.3 Å². The quantitative estimate of drug-likeness (QED) is 0.452. The molecule has 1 N–H and O–H groups in total. The first kappa shape index (κ1) is 11.8. The zero-order chi connectivity index (χ0) is 9.07. The third-order valence-electron chi connectivity index (χ3n) is 1.29. The standard InChI is InChI=1S/C9H17NOS/c1-3-5-10-6-9-12-8-4-7-11-2/h1,10H,4-9H2,2H3. The van der Waals surface area contributed by atoms with Crippen molar-refractivity contribution in [2.24, 2.45) is 0 Å². The number of methoxy groups -OCH3 is 1. The van der Waals surface area contributed by atoms with Crippen LogP contribution in [0.5, 0.6) is 0 Å². The van der Waals surface area contributed by atoms with Crippen molar-refractivity contribution in [2.75, 3.05) is 38.3 Å². The summed E-state index contributed by atoms with van der Waals surface area (Å²) in [5.41, 5.74) is 0. The van der Waals surface area contributed by atoms with Crippen molar-refractivity contribution >= 4 is 11.8 Å². The van der Waals surface area contributed by atoms with Crippen LogP contribution in [0.1, 0.15) is 6.42 Å². The maximum atomic E-state index is 5.07. The minimum absolute atomic E-state index is 0.679. The minimum atomic E-state index is 0.679. The molecule has 0 aliphatic carbocycles. The Balaban J connectivity index is 2.78. The molecule has 12 heavy (non-hydrogen) atoms. The predicted molar refractivity (Wildman–Crippen MR) is 55.5 cm³/mol. The molecular formula is C9H17NOS. The predicted octanol–water partition coefficient (Wildman–Crippen LogP) is 0.979. The van der Waals surface area contributed by atoms with Crippen LogP contribution in [0.2, 0.25) is 0 Å². The largest absolute Gasteiger partial charge is 0.385 e. The van der Waals surface area contributed by atoms with Gasteiger partial charge in [-0.1, -0.05) is 5.92 Å². The van der Waals surface area contributed by atoms with Crippen molar-refractivity contribution in [2.45, 2.75) is 6.42 Å². The second kappa shape index (κ2) is 10.8. The van der Waals surface area contributed by atoms with Gasteiger partial charge in [0, 0.05) is 26.0 Å². The molecule has 0 rings (SSSR count). The molecule has 0 radical (unpaired) electrons. The zero-order valence-corrected chi connectivity index (χ0v) is 8.45. The molecule has 0 saturated carbocycles. The van der Waals surface area contributed by atoms with E-state index in [1.807, 2.05) is 11.8 Å². The van der Waals surface area contributed by atoms with E-state index in [0.29, 0.717) is 6.54 Å². The van der Waals surface area contributed by atoms with E-state index in [2.05, 4.69) is 11.2 Å². The summed E-state index contributed by atoms with van der Waals surface area (Å²) in [6.07, 6.45) is 6.21. The Morgan fingerprint density at radius 1 is 1.50 bits per heavy atom. The lowest BCUT2D eigenvalue weighted by Crippen LogP contribution is -2.17. The van der Waals surface area contributed by atoms with Gasteiger partial charge in [-0.15, -0.1) is 6.42 Å². The molecule has 0 aromatic heterocycles. The van der Waals surface area contributed by atoms with Crippen LogP contribution in [0.15, 0.2) is 0 Å². The summed E-state index contributed by atoms with van der Waals surface area (Å²) in [6.45, 7) is 2.55. The van der Waals surface area contributed by atoms with Gasteiger partial charge in [-0.25, -0.2) is 0 Å². The fourth-order valence-electron chi connectivity index (χ4n) is 0.712. The number of thioether (sulfide) groups is 1. The maximum absolute atomic E-state index is 5.07. The minimum Gasteiger partial charge on any atom is -0.385 e. The Morgan fingerprint density at radius 3 is 3.00 bits per heavy atom. The van der Waals surface area contributed by atoms with Gasteiger partial charge >= 0.3 is 0 Å². The average Bonchev–Trinajstić information content (AvgIpc) is 2.10. The summed E-state index contributed by atoms with van der Waals surface area (Å²) in [6, 6.07) is 0. The van der Waals surface area contributed by atoms with Crippen LogP contribution in [-0.2, 0) is 4.74 Å². The molecule has 0 aliphatic rings. The van der Waals surface area contributed by atoms with Gasteiger partial charge in [0.2, 0.25) is 0 Å². The van der Waals surface area contributed by atoms with Crippen LogP contribution in [0, 0.1) is 12.3 Å². The normalized spacial score (nSPS) is 9.67. The first-order valence-corrected chi connectivity index (χ1v) is 5.28. The molecule has 0 aliphatic heterocycles. The Kier molecular flexibility index (Phi) is 10.7. The Bertz CT molecular complexity index is 122. The van der Waals surface area contributed by atoms with Crippen LogP contribution < -0.4 is 5.32 Å². The summed E-state index contributed by atoms with van der Waals surface area (Å²) in [7, 11) is 1.74. The molecule has 0 unspecified atom stereocenters. The van der Waals surface area contributed by atoms with Crippen LogP contribution in [-0.4, -0.2) is 38.3 Å². The Labute approximate surface area is 79.4 Å². The molecule has 0 amide bonds. The molecular weight excluding hydrogens is 170 g/mol. The summed E-state index contributed by atoms with van der Waals surface area (Å²) in [5.74, 6) is 4.84. The summed E-state index contributed by atoms with van der Waals surface area (Å²) >= 11 is 1.93. The summed E-state index contributed by atoms with van der Waals surface area (Å²) in [5, 5.41) is 3.14. The zero-order valence-electron chi connectivity index (χ0n) is 7.64. The molecule has 0 saturated heterocycles. The van der Waals surface area contributed by atoms with Crippen molar-refractivity contribution in [1.29, 1.82) is 0 Å². The smallest absolute Gasteiger partial charge is 0.0574 e. The second-order valence-electron chi connectivity index (χ2n) is 2.34. The Morgan fingerprint density at radius 2 is 2.33 bits per heavy atom. The lowest BCUT2D eigenvalue weighted by molar-refractivity contribution is 0.200.